The fourth-order valence-corrected chi connectivity index (χ4v) is 2.50. The van der Waals surface area contributed by atoms with Crippen molar-refractivity contribution in [2.24, 2.45) is 0 Å². The molecule has 0 bridgehead atoms. The molecule has 0 saturated carbocycles. The third kappa shape index (κ3) is 4.46. The molecule has 1 heterocycles. The number of carbonyl (C=O) groups excluding carboxylic acids is 1. The van der Waals surface area contributed by atoms with Crippen LogP contribution in [-0.4, -0.2) is 46.5 Å². The second-order valence-corrected chi connectivity index (χ2v) is 5.76. The monoisotopic (exact) mass is 351 g/mol. The van der Waals surface area contributed by atoms with Gasteiger partial charge in [0.15, 0.2) is 5.82 Å². The van der Waals surface area contributed by atoms with Crippen LogP contribution < -0.4 is 5.32 Å². The summed E-state index contributed by atoms with van der Waals surface area (Å²) in [5.41, 5.74) is 0.954. The van der Waals surface area contributed by atoms with Gasteiger partial charge in [-0.05, 0) is 24.6 Å². The van der Waals surface area contributed by atoms with Crippen LogP contribution in [0.2, 0.25) is 5.02 Å². The fraction of sp³-hybridized carbons (Fsp3) is 0.438. The quantitative estimate of drug-likeness (QED) is 0.831. The molecular weight excluding hydrogens is 330 g/mol. The van der Waals surface area contributed by atoms with Crippen LogP contribution in [0.1, 0.15) is 24.4 Å². The van der Waals surface area contributed by atoms with Crippen molar-refractivity contribution in [3.05, 3.63) is 47.0 Å². The number of nitrogens with one attached hydrogen (secondary N) is 1. The van der Waals surface area contributed by atoms with Gasteiger partial charge in [-0.15, -0.1) is 10.2 Å². The molecule has 24 heavy (non-hydrogen) atoms. The molecule has 0 aliphatic rings. The van der Waals surface area contributed by atoms with E-state index in [0.29, 0.717) is 24.0 Å². The number of nitrogens with zero attached hydrogens (tertiary/aromatic N) is 4. The lowest BCUT2D eigenvalue weighted by molar-refractivity contribution is 0.115. The number of likely N-dealkylation sites (N-methyl/N-ethyl adjacent to an activating group) is 1. The summed E-state index contributed by atoms with van der Waals surface area (Å²) in [4.78, 5) is 14.1. The number of methoxy groups -OCH3 is 1. The number of halogens is 1. The number of rotatable bonds is 7. The largest absolute Gasteiger partial charge is 0.382 e. The van der Waals surface area contributed by atoms with E-state index in [4.69, 9.17) is 16.3 Å². The molecule has 1 atom stereocenters. The highest BCUT2D eigenvalue weighted by molar-refractivity contribution is 6.30. The zero-order valence-electron chi connectivity index (χ0n) is 14.1. The van der Waals surface area contributed by atoms with Gasteiger partial charge in [0.2, 0.25) is 0 Å². The Morgan fingerprint density at radius 3 is 2.75 bits per heavy atom. The predicted molar refractivity (Wildman–Crippen MR) is 91.8 cm³/mol. The molecule has 1 aromatic heterocycles. The third-order valence-corrected chi connectivity index (χ3v) is 4.05. The van der Waals surface area contributed by atoms with Gasteiger partial charge >= 0.3 is 6.03 Å². The lowest BCUT2D eigenvalue weighted by Crippen LogP contribution is -2.41. The van der Waals surface area contributed by atoms with Gasteiger partial charge < -0.3 is 19.5 Å². The Hall–Kier alpha value is -2.12. The summed E-state index contributed by atoms with van der Waals surface area (Å²) in [6.45, 7) is 3.45. The number of aromatic nitrogens is 3. The molecule has 0 aliphatic carbocycles. The highest BCUT2D eigenvalue weighted by atomic mass is 35.5. The molecule has 130 valence electrons. The first-order valence-electron chi connectivity index (χ1n) is 7.68. The topological polar surface area (TPSA) is 72.3 Å². The fourth-order valence-electron chi connectivity index (χ4n) is 2.38. The Balaban J connectivity index is 2.04. The number of urea groups is 1. The summed E-state index contributed by atoms with van der Waals surface area (Å²) in [6, 6.07) is 6.96. The summed E-state index contributed by atoms with van der Waals surface area (Å²) in [5, 5.41) is 11.4. The molecule has 2 amide bonds. The number of aryl methyl sites for hydroxylation is 1. The van der Waals surface area contributed by atoms with Crippen LogP contribution in [-0.2, 0) is 17.8 Å². The van der Waals surface area contributed by atoms with Crippen molar-refractivity contribution in [3.63, 3.8) is 0 Å². The Bertz CT molecular complexity index is 659. The first-order valence-corrected chi connectivity index (χ1v) is 8.06. The van der Waals surface area contributed by atoms with Gasteiger partial charge in [0.1, 0.15) is 6.33 Å². The minimum Gasteiger partial charge on any atom is -0.382 e. The average Bonchev–Trinajstić information content (AvgIpc) is 3.05. The van der Waals surface area contributed by atoms with E-state index in [2.05, 4.69) is 15.5 Å². The van der Waals surface area contributed by atoms with Crippen molar-refractivity contribution in [2.75, 3.05) is 20.8 Å². The molecule has 2 aromatic rings. The molecule has 1 unspecified atom stereocenters. The molecule has 2 rings (SSSR count). The standard InChI is InChI=1S/C16H22ClN5O2/c1-4-22-11-19-20-15(22)9-18-16(23)21(2)14(10-24-3)12-5-7-13(17)8-6-12/h5-8,11,14H,4,9-10H2,1-3H3,(H,18,23). The minimum absolute atomic E-state index is 0.211. The van der Waals surface area contributed by atoms with Crippen LogP contribution >= 0.6 is 11.6 Å². The van der Waals surface area contributed by atoms with Crippen molar-refractivity contribution < 1.29 is 9.53 Å². The third-order valence-electron chi connectivity index (χ3n) is 3.80. The second kappa shape index (κ2) is 8.65. The smallest absolute Gasteiger partial charge is 0.318 e. The maximum atomic E-state index is 12.5. The number of carbonyl (C=O) groups is 1. The van der Waals surface area contributed by atoms with Crippen LogP contribution in [0.5, 0.6) is 0 Å². The second-order valence-electron chi connectivity index (χ2n) is 5.33. The minimum atomic E-state index is -0.212. The molecular formula is C16H22ClN5O2. The van der Waals surface area contributed by atoms with Crippen molar-refractivity contribution in [1.29, 1.82) is 0 Å². The van der Waals surface area contributed by atoms with Gasteiger partial charge in [-0.1, -0.05) is 23.7 Å². The van der Waals surface area contributed by atoms with E-state index >= 15 is 0 Å². The maximum Gasteiger partial charge on any atom is 0.318 e. The van der Waals surface area contributed by atoms with Crippen LogP contribution in [0.4, 0.5) is 4.79 Å². The highest BCUT2D eigenvalue weighted by Crippen LogP contribution is 2.22. The summed E-state index contributed by atoms with van der Waals surface area (Å²) in [5.74, 6) is 0.717. The maximum absolute atomic E-state index is 12.5. The van der Waals surface area contributed by atoms with E-state index < -0.39 is 0 Å². The number of hydrogen-bond acceptors (Lipinski definition) is 4. The normalized spacial score (nSPS) is 12.0. The molecule has 0 aliphatic heterocycles. The van der Waals surface area contributed by atoms with E-state index in [9.17, 15) is 4.79 Å². The van der Waals surface area contributed by atoms with E-state index in [-0.39, 0.29) is 12.1 Å². The Labute approximate surface area is 146 Å². The number of ether oxygens (including phenoxy) is 1. The molecule has 7 nitrogen and oxygen atoms in total. The van der Waals surface area contributed by atoms with E-state index in [1.165, 1.54) is 0 Å². The molecule has 1 N–H and O–H groups in total. The number of hydrogen-bond donors (Lipinski definition) is 1. The van der Waals surface area contributed by atoms with Crippen LogP contribution in [0.15, 0.2) is 30.6 Å². The zero-order chi connectivity index (χ0) is 17.5. The SMILES string of the molecule is CCn1cnnc1CNC(=O)N(C)C(COC)c1ccc(Cl)cc1. The van der Waals surface area contributed by atoms with E-state index in [1.54, 1.807) is 37.5 Å². The van der Waals surface area contributed by atoms with Gasteiger partial charge in [0, 0.05) is 25.7 Å². The summed E-state index contributed by atoms with van der Waals surface area (Å²) in [7, 11) is 3.34. The Morgan fingerprint density at radius 1 is 1.42 bits per heavy atom. The molecule has 0 saturated heterocycles. The van der Waals surface area contributed by atoms with Crippen molar-refractivity contribution in [3.8, 4) is 0 Å². The van der Waals surface area contributed by atoms with E-state index in [0.717, 1.165) is 12.1 Å². The first kappa shape index (κ1) is 18.2. The lowest BCUT2D eigenvalue weighted by atomic mass is 10.1. The Kier molecular flexibility index (Phi) is 6.57. The van der Waals surface area contributed by atoms with Crippen LogP contribution in [0, 0.1) is 0 Å². The predicted octanol–water partition coefficient (Wildman–Crippen LogP) is 2.48. The first-order chi connectivity index (χ1) is 11.6. The van der Waals surface area contributed by atoms with Crippen LogP contribution in [0.3, 0.4) is 0 Å². The lowest BCUT2D eigenvalue weighted by Gasteiger charge is -2.28. The summed E-state index contributed by atoms with van der Waals surface area (Å²) >= 11 is 5.93. The zero-order valence-corrected chi connectivity index (χ0v) is 14.8. The molecule has 0 spiro atoms. The van der Waals surface area contributed by atoms with Gasteiger partial charge in [-0.25, -0.2) is 4.79 Å². The molecule has 1 aromatic carbocycles. The highest BCUT2D eigenvalue weighted by Gasteiger charge is 2.22. The van der Waals surface area contributed by atoms with Gasteiger partial charge in [0.25, 0.3) is 0 Å². The number of amides is 2. The summed E-state index contributed by atoms with van der Waals surface area (Å²) < 4.78 is 7.15. The van der Waals surface area contributed by atoms with Gasteiger partial charge in [0.05, 0.1) is 19.2 Å². The average molecular weight is 352 g/mol. The van der Waals surface area contributed by atoms with Crippen molar-refractivity contribution in [1.82, 2.24) is 25.0 Å². The van der Waals surface area contributed by atoms with E-state index in [1.807, 2.05) is 23.6 Å². The van der Waals surface area contributed by atoms with Gasteiger partial charge in [-0.3, -0.25) is 0 Å². The van der Waals surface area contributed by atoms with Crippen molar-refractivity contribution in [2.45, 2.75) is 26.1 Å². The Morgan fingerprint density at radius 2 is 2.12 bits per heavy atom. The van der Waals surface area contributed by atoms with Gasteiger partial charge in [-0.2, -0.15) is 0 Å². The summed E-state index contributed by atoms with van der Waals surface area (Å²) in [6.07, 6.45) is 1.65. The number of benzene rings is 1. The molecule has 8 heteroatoms. The molecule has 0 fully saturated rings. The molecule has 0 radical (unpaired) electrons. The van der Waals surface area contributed by atoms with Crippen molar-refractivity contribution >= 4 is 17.6 Å². The van der Waals surface area contributed by atoms with Crippen LogP contribution in [0.25, 0.3) is 0 Å².